The number of benzene rings is 2. The molecule has 2 aromatic rings. The van der Waals surface area contributed by atoms with E-state index in [-0.39, 0.29) is 34.0 Å². The highest BCUT2D eigenvalue weighted by Gasteiger charge is 2.33. The average Bonchev–Trinajstić information content (AvgIpc) is 2.69. The van der Waals surface area contributed by atoms with Gasteiger partial charge in [-0.25, -0.2) is 13.2 Å². The Morgan fingerprint density at radius 2 is 1.30 bits per heavy atom. The van der Waals surface area contributed by atoms with Gasteiger partial charge < -0.3 is 4.74 Å². The summed E-state index contributed by atoms with van der Waals surface area (Å²) in [4.78, 5) is 12.2. The van der Waals surface area contributed by atoms with Gasteiger partial charge in [0.2, 0.25) is 0 Å². The van der Waals surface area contributed by atoms with Crippen LogP contribution in [0, 0.1) is 0 Å². The molecule has 0 atom stereocenters. The van der Waals surface area contributed by atoms with Gasteiger partial charge in [0.25, 0.3) is 10.0 Å². The maximum Gasteiger partial charge on any atom is 0.416 e. The molecule has 10 heteroatoms. The lowest BCUT2D eigenvalue weighted by Crippen LogP contribution is -2.27. The molecule has 0 heterocycles. The standard InChI is InChI=1S/C27H37F3N2O4S/c1-15(2)18-10-22(16(3)4)24(23(11-18)17(5)6)37(34,35)32-21-13-19(27(28,29)30)12-20(14-21)31-25(33)36-26(7,8)9/h10-17,32H,1-9H3,(H,31,33). The molecular formula is C27H37F3N2O4S. The van der Waals surface area contributed by atoms with Crippen LogP contribution in [0.4, 0.5) is 29.3 Å². The zero-order chi connectivity index (χ0) is 28.5. The minimum atomic E-state index is -4.78. The molecule has 0 aliphatic heterocycles. The van der Waals surface area contributed by atoms with E-state index in [9.17, 15) is 26.4 Å². The first-order chi connectivity index (χ1) is 16.7. The van der Waals surface area contributed by atoms with Crippen LogP contribution in [0.5, 0.6) is 0 Å². The average molecular weight is 543 g/mol. The lowest BCUT2D eigenvalue weighted by Gasteiger charge is -2.23. The van der Waals surface area contributed by atoms with Crippen molar-refractivity contribution in [3.05, 3.63) is 52.6 Å². The van der Waals surface area contributed by atoms with Crippen molar-refractivity contribution in [3.63, 3.8) is 0 Å². The largest absolute Gasteiger partial charge is 0.444 e. The summed E-state index contributed by atoms with van der Waals surface area (Å²) >= 11 is 0. The third-order valence-corrected chi connectivity index (χ3v) is 7.02. The number of carbonyl (C=O) groups is 1. The topological polar surface area (TPSA) is 84.5 Å². The molecule has 6 nitrogen and oxygen atoms in total. The Labute approximate surface area is 218 Å². The number of rotatable bonds is 7. The highest BCUT2D eigenvalue weighted by molar-refractivity contribution is 7.92. The second-order valence-corrected chi connectivity index (χ2v) is 12.6. The fraction of sp³-hybridized carbons (Fsp3) is 0.519. The lowest BCUT2D eigenvalue weighted by atomic mass is 9.89. The van der Waals surface area contributed by atoms with Gasteiger partial charge in [-0.3, -0.25) is 10.0 Å². The van der Waals surface area contributed by atoms with Gasteiger partial charge >= 0.3 is 12.3 Å². The predicted molar refractivity (Wildman–Crippen MR) is 141 cm³/mol. The molecule has 0 unspecified atom stereocenters. The Morgan fingerprint density at radius 3 is 1.70 bits per heavy atom. The van der Waals surface area contributed by atoms with Crippen LogP contribution in [0.1, 0.15) is 102 Å². The van der Waals surface area contributed by atoms with E-state index >= 15 is 0 Å². The monoisotopic (exact) mass is 542 g/mol. The summed E-state index contributed by atoms with van der Waals surface area (Å²) < 4.78 is 75.8. The van der Waals surface area contributed by atoms with Gasteiger partial charge in [-0.2, -0.15) is 13.2 Å². The van der Waals surface area contributed by atoms with Crippen molar-refractivity contribution in [3.8, 4) is 0 Å². The molecule has 1 amide bonds. The third kappa shape index (κ3) is 8.12. The Hall–Kier alpha value is -2.75. The Morgan fingerprint density at radius 1 is 0.811 bits per heavy atom. The van der Waals surface area contributed by atoms with Crippen LogP contribution in [0.15, 0.2) is 35.2 Å². The number of amides is 1. The van der Waals surface area contributed by atoms with Crippen molar-refractivity contribution >= 4 is 27.5 Å². The van der Waals surface area contributed by atoms with E-state index in [0.29, 0.717) is 17.2 Å². The number of hydrogen-bond acceptors (Lipinski definition) is 4. The minimum Gasteiger partial charge on any atom is -0.444 e. The fourth-order valence-electron chi connectivity index (χ4n) is 3.75. The first-order valence-electron chi connectivity index (χ1n) is 12.1. The highest BCUT2D eigenvalue weighted by Crippen LogP contribution is 2.38. The number of hydrogen-bond donors (Lipinski definition) is 2. The van der Waals surface area contributed by atoms with Crippen LogP contribution in [0.3, 0.4) is 0 Å². The molecule has 0 fully saturated rings. The molecule has 0 spiro atoms. The molecule has 0 aliphatic rings. The van der Waals surface area contributed by atoms with Crippen molar-refractivity contribution in [2.45, 2.75) is 96.7 Å². The Balaban J connectivity index is 2.65. The smallest absolute Gasteiger partial charge is 0.416 e. The van der Waals surface area contributed by atoms with Gasteiger partial charge in [-0.05, 0) is 73.4 Å². The van der Waals surface area contributed by atoms with Gasteiger partial charge in [0, 0.05) is 5.69 Å². The van der Waals surface area contributed by atoms with Crippen LogP contribution in [-0.2, 0) is 20.9 Å². The van der Waals surface area contributed by atoms with Crippen molar-refractivity contribution in [1.82, 2.24) is 0 Å². The van der Waals surface area contributed by atoms with Gasteiger partial charge in [-0.15, -0.1) is 0 Å². The van der Waals surface area contributed by atoms with E-state index < -0.39 is 33.5 Å². The van der Waals surface area contributed by atoms with Gasteiger partial charge in [0.15, 0.2) is 0 Å². The molecule has 0 bridgehead atoms. The Kier molecular flexibility index (Phi) is 9.00. The maximum atomic E-state index is 13.7. The van der Waals surface area contributed by atoms with E-state index in [4.69, 9.17) is 4.74 Å². The molecule has 0 saturated carbocycles. The summed E-state index contributed by atoms with van der Waals surface area (Å²) in [5.41, 5.74) is -0.443. The van der Waals surface area contributed by atoms with Crippen LogP contribution in [-0.4, -0.2) is 20.1 Å². The SMILES string of the molecule is CC(C)c1cc(C(C)C)c(S(=O)(=O)Nc2cc(NC(=O)OC(C)(C)C)cc(C(F)(F)F)c2)c(C(C)C)c1. The summed E-state index contributed by atoms with van der Waals surface area (Å²) in [6, 6.07) is 6.24. The number of anilines is 2. The summed E-state index contributed by atoms with van der Waals surface area (Å²) in [5, 5.41) is 2.26. The third-order valence-electron chi connectivity index (χ3n) is 5.51. The quantitative estimate of drug-likeness (QED) is 0.369. The second kappa shape index (κ2) is 10.9. The normalized spacial score (nSPS) is 12.8. The van der Waals surface area contributed by atoms with E-state index in [0.717, 1.165) is 17.7 Å². The lowest BCUT2D eigenvalue weighted by molar-refractivity contribution is -0.137. The summed E-state index contributed by atoms with van der Waals surface area (Å²) in [6.45, 7) is 16.3. The maximum absolute atomic E-state index is 13.7. The molecule has 206 valence electrons. The second-order valence-electron chi connectivity index (χ2n) is 11.0. The molecule has 0 aromatic heterocycles. The number of carbonyl (C=O) groups excluding carboxylic acids is 1. The van der Waals surface area contributed by atoms with Crippen molar-refractivity contribution in [1.29, 1.82) is 0 Å². The van der Waals surface area contributed by atoms with Crippen LogP contribution in [0.25, 0.3) is 0 Å². The number of ether oxygens (including phenoxy) is 1. The zero-order valence-electron chi connectivity index (χ0n) is 22.8. The van der Waals surface area contributed by atoms with E-state index in [1.807, 2.05) is 53.7 Å². The summed E-state index contributed by atoms with van der Waals surface area (Å²) in [5.74, 6) is -0.160. The molecule has 2 aromatic carbocycles. The summed E-state index contributed by atoms with van der Waals surface area (Å²) in [6.07, 6.45) is -5.74. The summed E-state index contributed by atoms with van der Waals surface area (Å²) in [7, 11) is -4.30. The van der Waals surface area contributed by atoms with E-state index in [1.54, 1.807) is 20.8 Å². The molecule has 0 aliphatic carbocycles. The molecule has 0 radical (unpaired) electrons. The molecule has 2 rings (SSSR count). The number of halogens is 3. The van der Waals surface area contributed by atoms with Crippen LogP contribution >= 0.6 is 0 Å². The fourth-order valence-corrected chi connectivity index (χ4v) is 5.49. The molecular weight excluding hydrogens is 505 g/mol. The number of nitrogens with one attached hydrogen (secondary N) is 2. The number of alkyl halides is 3. The highest BCUT2D eigenvalue weighted by atomic mass is 32.2. The van der Waals surface area contributed by atoms with Crippen molar-refractivity contribution in [2.24, 2.45) is 0 Å². The Bertz CT molecular complexity index is 1220. The predicted octanol–water partition coefficient (Wildman–Crippen LogP) is 8.22. The molecule has 2 N–H and O–H groups in total. The minimum absolute atomic E-state index is 0.0564. The molecule has 0 saturated heterocycles. The molecule has 37 heavy (non-hydrogen) atoms. The zero-order valence-corrected chi connectivity index (χ0v) is 23.6. The van der Waals surface area contributed by atoms with Gasteiger partial charge in [0.1, 0.15) is 5.60 Å². The van der Waals surface area contributed by atoms with Crippen LogP contribution in [0.2, 0.25) is 0 Å². The van der Waals surface area contributed by atoms with E-state index in [1.165, 1.54) is 0 Å². The first kappa shape index (κ1) is 30.5. The van der Waals surface area contributed by atoms with Crippen LogP contribution < -0.4 is 10.0 Å². The van der Waals surface area contributed by atoms with Gasteiger partial charge in [-0.1, -0.05) is 53.7 Å². The number of sulfonamides is 1. The van der Waals surface area contributed by atoms with Crippen molar-refractivity contribution < 1.29 is 31.1 Å². The van der Waals surface area contributed by atoms with Crippen molar-refractivity contribution in [2.75, 3.05) is 10.0 Å². The van der Waals surface area contributed by atoms with E-state index in [2.05, 4.69) is 10.0 Å². The first-order valence-corrected chi connectivity index (χ1v) is 13.6. The van der Waals surface area contributed by atoms with Gasteiger partial charge in [0.05, 0.1) is 16.1 Å².